The van der Waals surface area contributed by atoms with E-state index in [-0.39, 0.29) is 6.04 Å². The van der Waals surface area contributed by atoms with E-state index >= 15 is 0 Å². The van der Waals surface area contributed by atoms with Gasteiger partial charge in [-0.05, 0) is 30.5 Å². The highest BCUT2D eigenvalue weighted by Gasteiger charge is 2.12. The Bertz CT molecular complexity index is 496. The highest BCUT2D eigenvalue weighted by molar-refractivity contribution is 5.82. The van der Waals surface area contributed by atoms with Crippen molar-refractivity contribution in [1.29, 1.82) is 0 Å². The van der Waals surface area contributed by atoms with Gasteiger partial charge in [-0.2, -0.15) is 0 Å². The molecule has 1 aromatic carbocycles. The maximum absolute atomic E-state index is 5.67. The van der Waals surface area contributed by atoms with Gasteiger partial charge in [0.25, 0.3) is 0 Å². The average Bonchev–Trinajstić information content (AvgIpc) is 2.43. The predicted octanol–water partition coefficient (Wildman–Crippen LogP) is 2.17. The summed E-state index contributed by atoms with van der Waals surface area (Å²) in [5.41, 5.74) is 5.08. The summed E-state index contributed by atoms with van der Waals surface area (Å²) in [4.78, 5) is 4.36. The second-order valence-electron chi connectivity index (χ2n) is 4.27. The maximum Gasteiger partial charge on any atom is 0.0705 e. The first-order valence-corrected chi connectivity index (χ1v) is 6.15. The van der Waals surface area contributed by atoms with E-state index in [1.165, 1.54) is 5.56 Å². The molecule has 0 aliphatic carbocycles. The zero-order valence-electron chi connectivity index (χ0n) is 10.6. The van der Waals surface area contributed by atoms with Crippen LogP contribution in [0, 0.1) is 0 Å². The van der Waals surface area contributed by atoms with Crippen LogP contribution in [0.2, 0.25) is 0 Å². The molecule has 0 aliphatic rings. The molecule has 0 saturated heterocycles. The first-order chi connectivity index (χ1) is 8.86. The summed E-state index contributed by atoms with van der Waals surface area (Å²) >= 11 is 0. The van der Waals surface area contributed by atoms with Crippen molar-refractivity contribution in [2.45, 2.75) is 18.9 Å². The van der Waals surface area contributed by atoms with Crippen LogP contribution in [-0.4, -0.2) is 18.7 Å². The van der Waals surface area contributed by atoms with Gasteiger partial charge in [-0.1, -0.05) is 18.2 Å². The Morgan fingerprint density at radius 1 is 1.33 bits per heavy atom. The Labute approximate surface area is 107 Å². The largest absolute Gasteiger partial charge is 0.385 e. The van der Waals surface area contributed by atoms with E-state index in [4.69, 9.17) is 10.6 Å². The normalized spacial score (nSPS) is 12.8. The quantitative estimate of drug-likeness (QED) is 0.465. The molecule has 2 aromatic rings. The lowest BCUT2D eigenvalue weighted by molar-refractivity contribution is 0.189. The monoisotopic (exact) mass is 245 g/mol. The minimum atomic E-state index is 0.132. The van der Waals surface area contributed by atoms with E-state index in [1.807, 2.05) is 30.5 Å². The van der Waals surface area contributed by atoms with Crippen LogP contribution in [0.4, 0.5) is 0 Å². The number of aromatic nitrogens is 1. The van der Waals surface area contributed by atoms with Gasteiger partial charge in [-0.3, -0.25) is 16.3 Å². The molecule has 18 heavy (non-hydrogen) atoms. The second-order valence-corrected chi connectivity index (χ2v) is 4.27. The highest BCUT2D eigenvalue weighted by atomic mass is 16.5. The number of hydrazine groups is 1. The first-order valence-electron chi connectivity index (χ1n) is 6.15. The van der Waals surface area contributed by atoms with Gasteiger partial charge in [0.05, 0.1) is 5.52 Å². The van der Waals surface area contributed by atoms with Crippen molar-refractivity contribution >= 4 is 10.9 Å². The van der Waals surface area contributed by atoms with Crippen LogP contribution in [-0.2, 0) is 4.74 Å². The molecule has 0 fully saturated rings. The molecule has 0 saturated carbocycles. The predicted molar refractivity (Wildman–Crippen MR) is 72.9 cm³/mol. The third-order valence-corrected chi connectivity index (χ3v) is 3.10. The van der Waals surface area contributed by atoms with Crippen LogP contribution in [0.15, 0.2) is 36.5 Å². The highest BCUT2D eigenvalue weighted by Crippen LogP contribution is 2.25. The summed E-state index contributed by atoms with van der Waals surface area (Å²) in [6.45, 7) is 0.751. The van der Waals surface area contributed by atoms with Gasteiger partial charge in [0.2, 0.25) is 0 Å². The van der Waals surface area contributed by atoms with Crippen molar-refractivity contribution in [3.63, 3.8) is 0 Å². The molecule has 1 unspecified atom stereocenters. The second kappa shape index (κ2) is 6.44. The van der Waals surface area contributed by atoms with Gasteiger partial charge in [0.15, 0.2) is 0 Å². The molecular formula is C14H19N3O. The molecule has 0 aliphatic heterocycles. The summed E-state index contributed by atoms with van der Waals surface area (Å²) in [6.07, 6.45) is 3.75. The third kappa shape index (κ3) is 2.85. The number of hydrogen-bond donors (Lipinski definition) is 2. The van der Waals surface area contributed by atoms with Crippen molar-refractivity contribution in [1.82, 2.24) is 10.4 Å². The van der Waals surface area contributed by atoms with Crippen molar-refractivity contribution in [2.24, 2.45) is 5.84 Å². The van der Waals surface area contributed by atoms with E-state index in [0.717, 1.165) is 30.4 Å². The molecule has 1 heterocycles. The Morgan fingerprint density at radius 2 is 2.17 bits per heavy atom. The molecule has 2 rings (SSSR count). The van der Waals surface area contributed by atoms with Gasteiger partial charge in [-0.15, -0.1) is 0 Å². The summed E-state index contributed by atoms with van der Waals surface area (Å²) < 4.78 is 5.08. The first kappa shape index (κ1) is 13.0. The fraction of sp³-hybridized carbons (Fsp3) is 0.357. The van der Waals surface area contributed by atoms with Gasteiger partial charge < -0.3 is 4.74 Å². The molecule has 0 radical (unpaired) electrons. The molecule has 4 nitrogen and oxygen atoms in total. The fourth-order valence-electron chi connectivity index (χ4n) is 2.18. The molecule has 0 amide bonds. The van der Waals surface area contributed by atoms with Crippen molar-refractivity contribution < 1.29 is 4.74 Å². The summed E-state index contributed by atoms with van der Waals surface area (Å²) in [6, 6.07) is 10.3. The number of fused-ring (bicyclic) bond motifs is 1. The molecule has 1 atom stereocenters. The van der Waals surface area contributed by atoms with Gasteiger partial charge >= 0.3 is 0 Å². The SMILES string of the molecule is COCCCC(NN)c1ccnc2ccccc12. The molecule has 96 valence electrons. The Balaban J connectivity index is 2.27. The van der Waals surface area contributed by atoms with Crippen LogP contribution in [0.5, 0.6) is 0 Å². The molecular weight excluding hydrogens is 226 g/mol. The minimum absolute atomic E-state index is 0.132. The number of ether oxygens (including phenoxy) is 1. The Kier molecular flexibility index (Phi) is 4.64. The van der Waals surface area contributed by atoms with Crippen LogP contribution in [0.1, 0.15) is 24.4 Å². The molecule has 0 bridgehead atoms. The summed E-state index contributed by atoms with van der Waals surface area (Å²) in [7, 11) is 1.71. The zero-order valence-corrected chi connectivity index (χ0v) is 10.6. The van der Waals surface area contributed by atoms with Gasteiger partial charge in [0.1, 0.15) is 0 Å². The zero-order chi connectivity index (χ0) is 12.8. The number of nitrogens with zero attached hydrogens (tertiary/aromatic N) is 1. The number of hydrogen-bond acceptors (Lipinski definition) is 4. The van der Waals surface area contributed by atoms with Crippen LogP contribution in [0.3, 0.4) is 0 Å². The number of nitrogens with two attached hydrogens (primary N) is 1. The van der Waals surface area contributed by atoms with E-state index in [0.29, 0.717) is 0 Å². The Hall–Kier alpha value is -1.49. The van der Waals surface area contributed by atoms with Gasteiger partial charge in [-0.25, -0.2) is 0 Å². The molecule has 4 heteroatoms. The standard InChI is InChI=1S/C14H19N3O/c1-18-10-4-7-14(17-15)12-8-9-16-13-6-3-2-5-11(12)13/h2-3,5-6,8-9,14,17H,4,7,10,15H2,1H3. The smallest absolute Gasteiger partial charge is 0.0705 e. The van der Waals surface area contributed by atoms with Crippen LogP contribution in [0.25, 0.3) is 10.9 Å². The average molecular weight is 245 g/mol. The number of benzene rings is 1. The van der Waals surface area contributed by atoms with Crippen molar-refractivity contribution in [3.8, 4) is 0 Å². The van der Waals surface area contributed by atoms with E-state index in [1.54, 1.807) is 7.11 Å². The minimum Gasteiger partial charge on any atom is -0.385 e. The molecule has 0 spiro atoms. The lowest BCUT2D eigenvalue weighted by Gasteiger charge is -2.17. The summed E-state index contributed by atoms with van der Waals surface area (Å²) in [5, 5.41) is 1.15. The van der Waals surface area contributed by atoms with E-state index in [9.17, 15) is 0 Å². The van der Waals surface area contributed by atoms with Crippen LogP contribution < -0.4 is 11.3 Å². The lowest BCUT2D eigenvalue weighted by Crippen LogP contribution is -2.28. The molecule has 1 aromatic heterocycles. The number of para-hydroxylation sites is 1. The number of nitrogens with one attached hydrogen (secondary N) is 1. The fourth-order valence-corrected chi connectivity index (χ4v) is 2.18. The van der Waals surface area contributed by atoms with E-state index < -0.39 is 0 Å². The van der Waals surface area contributed by atoms with E-state index in [2.05, 4.69) is 16.5 Å². The maximum atomic E-state index is 5.67. The number of rotatable bonds is 6. The third-order valence-electron chi connectivity index (χ3n) is 3.10. The van der Waals surface area contributed by atoms with Gasteiger partial charge in [0, 0.05) is 31.3 Å². The lowest BCUT2D eigenvalue weighted by atomic mass is 9.99. The number of pyridine rings is 1. The number of methoxy groups -OCH3 is 1. The van der Waals surface area contributed by atoms with Crippen LogP contribution >= 0.6 is 0 Å². The van der Waals surface area contributed by atoms with Crippen molar-refractivity contribution in [3.05, 3.63) is 42.1 Å². The molecule has 3 N–H and O–H groups in total. The van der Waals surface area contributed by atoms with Crippen molar-refractivity contribution in [2.75, 3.05) is 13.7 Å². The topological polar surface area (TPSA) is 60.2 Å². The summed E-state index contributed by atoms with van der Waals surface area (Å²) in [5.74, 6) is 5.67. The Morgan fingerprint density at radius 3 is 2.94 bits per heavy atom.